The van der Waals surface area contributed by atoms with Crippen LogP contribution in [-0.4, -0.2) is 5.78 Å². The Bertz CT molecular complexity index is 880. The van der Waals surface area contributed by atoms with E-state index in [1.54, 1.807) is 12.1 Å². The van der Waals surface area contributed by atoms with Gasteiger partial charge in [-0.3, -0.25) is 0 Å². The van der Waals surface area contributed by atoms with E-state index in [-0.39, 0.29) is 28.2 Å². The van der Waals surface area contributed by atoms with Gasteiger partial charge in [-0.1, -0.05) is 109 Å². The quantitative estimate of drug-likeness (QED) is 0.142. The molecule has 148 valence electrons. The average Bonchev–Trinajstić information content (AvgIpc) is 2.77. The maximum absolute atomic E-state index is 10.5. The molecule has 0 fully saturated rings. The molecule has 0 atom stereocenters. The van der Waals surface area contributed by atoms with Crippen LogP contribution in [0.2, 0.25) is 0 Å². The molecule has 0 aliphatic carbocycles. The molecule has 0 heterocycles. The molecule has 0 aliphatic heterocycles. The van der Waals surface area contributed by atoms with Crippen LogP contribution in [0.4, 0.5) is 0 Å². The molecule has 4 aromatic rings. The van der Waals surface area contributed by atoms with Crippen LogP contribution in [0, 0.1) is 6.92 Å². The number of carbonyl (C=O) groups is 1. The number of hydrogen-bond acceptors (Lipinski definition) is 1. The van der Waals surface area contributed by atoms with Gasteiger partial charge in [0.1, 0.15) is 0 Å². The van der Waals surface area contributed by atoms with E-state index in [2.05, 4.69) is 97.9 Å². The van der Waals surface area contributed by atoms with Gasteiger partial charge >= 0.3 is 22.4 Å². The Labute approximate surface area is 190 Å². The van der Waals surface area contributed by atoms with Crippen molar-refractivity contribution >= 4 is 29.6 Å². The average molecular weight is 578 g/mol. The predicted octanol–water partition coefficient (Wildman–Crippen LogP) is 5.15. The summed E-state index contributed by atoms with van der Waals surface area (Å²) in [5.41, 5.74) is 0.664. The van der Waals surface area contributed by atoms with E-state index >= 15 is 0 Å². The number of hydrogen-bond donors (Lipinski definition) is 0. The van der Waals surface area contributed by atoms with Crippen LogP contribution in [0.25, 0.3) is 0 Å². The molecule has 0 unspecified atom stereocenters. The molecule has 4 aromatic carbocycles. The van der Waals surface area contributed by atoms with Crippen LogP contribution >= 0.6 is 7.92 Å². The molecule has 29 heavy (non-hydrogen) atoms. The Kier molecular flexibility index (Phi) is 9.64. The van der Waals surface area contributed by atoms with Crippen molar-refractivity contribution in [3.8, 4) is 0 Å². The van der Waals surface area contributed by atoms with Gasteiger partial charge < -0.3 is 4.79 Å². The number of Topliss-reactive ketones (excluding diaryl/α,β-unsaturated/α-hetero) is 1. The zero-order chi connectivity index (χ0) is 19.6. The van der Waals surface area contributed by atoms with Crippen molar-refractivity contribution in [1.82, 2.24) is 0 Å². The summed E-state index contributed by atoms with van der Waals surface area (Å²) >= 11 is 0. The van der Waals surface area contributed by atoms with Crippen LogP contribution < -0.4 is 15.9 Å². The minimum atomic E-state index is -0.446. The van der Waals surface area contributed by atoms with Crippen molar-refractivity contribution in [2.75, 3.05) is 0 Å². The molecule has 0 aliphatic rings. The number of benzene rings is 4. The summed E-state index contributed by atoms with van der Waals surface area (Å²) in [5.74, 6) is -0.129. The van der Waals surface area contributed by atoms with Gasteiger partial charge in [0.05, 0.1) is 0 Å². The third kappa shape index (κ3) is 6.85. The summed E-state index contributed by atoms with van der Waals surface area (Å²) in [6.45, 7) is 3.27. The standard InChI is InChI=1S/C18H15P.C8H7O.Au/c1-4-10-16(11-5-1)19(17-12-6-2-7-13-17)18-14-8-3-9-15-18;1-7(9)8-5-3-2-4-6-8;/h1-15H;2-6H,1H2;/q;-1;+1. The normalized spacial score (nSPS) is 9.69. The molecule has 4 rings (SSSR count). The molecule has 0 amide bonds. The largest absolute Gasteiger partial charge is 1.00 e. The molecule has 0 radical (unpaired) electrons. The number of carbonyl (C=O) groups excluding carboxylic acids is 1. The van der Waals surface area contributed by atoms with Crippen LogP contribution in [0.3, 0.4) is 0 Å². The minimum Gasteiger partial charge on any atom is -0.332 e. The molecule has 0 aromatic heterocycles. The Morgan fingerprint density at radius 1 is 0.517 bits per heavy atom. The van der Waals surface area contributed by atoms with E-state index in [1.807, 2.05) is 18.2 Å². The van der Waals surface area contributed by atoms with E-state index in [4.69, 9.17) is 0 Å². The van der Waals surface area contributed by atoms with Crippen LogP contribution in [0.15, 0.2) is 121 Å². The van der Waals surface area contributed by atoms with Gasteiger partial charge in [0, 0.05) is 5.78 Å². The zero-order valence-electron chi connectivity index (χ0n) is 15.9. The molecule has 1 nitrogen and oxygen atoms in total. The minimum absolute atomic E-state index is 0. The number of rotatable bonds is 4. The van der Waals surface area contributed by atoms with E-state index in [9.17, 15) is 4.79 Å². The third-order valence-corrected chi connectivity index (χ3v) is 6.58. The molecule has 3 heteroatoms. The third-order valence-electron chi connectivity index (χ3n) is 4.14. The van der Waals surface area contributed by atoms with Gasteiger partial charge in [0.15, 0.2) is 0 Å². The fourth-order valence-corrected chi connectivity index (χ4v) is 5.11. The van der Waals surface area contributed by atoms with Crippen molar-refractivity contribution in [2.24, 2.45) is 0 Å². The zero-order valence-corrected chi connectivity index (χ0v) is 19.0. The molecular weight excluding hydrogens is 556 g/mol. The summed E-state index contributed by atoms with van der Waals surface area (Å²) in [5, 5.41) is 4.19. The fraction of sp³-hybridized carbons (Fsp3) is 0. The van der Waals surface area contributed by atoms with Crippen molar-refractivity contribution in [3.63, 3.8) is 0 Å². The Balaban J connectivity index is 0.000000255. The summed E-state index contributed by atoms with van der Waals surface area (Å²) in [4.78, 5) is 10.5. The second-order valence-corrected chi connectivity index (χ2v) is 8.35. The van der Waals surface area contributed by atoms with Gasteiger partial charge in [-0.05, 0) is 23.8 Å². The van der Waals surface area contributed by atoms with E-state index in [0.29, 0.717) is 5.56 Å². The first kappa shape index (κ1) is 22.9. The second-order valence-electron chi connectivity index (χ2n) is 6.13. The van der Waals surface area contributed by atoms with E-state index in [0.717, 1.165) is 0 Å². The van der Waals surface area contributed by atoms with Gasteiger partial charge in [0.25, 0.3) is 0 Å². The summed E-state index contributed by atoms with van der Waals surface area (Å²) in [6.07, 6.45) is 0. The van der Waals surface area contributed by atoms with E-state index in [1.165, 1.54) is 15.9 Å². The first-order valence-corrected chi connectivity index (χ1v) is 10.5. The fourth-order valence-electron chi connectivity index (χ4n) is 2.80. The SMILES string of the molecule is [Au+].[CH2-]C(=O)c1ccccc1.c1ccc(P(c2ccccc2)c2ccccc2)cc1. The molecule has 0 spiro atoms. The molecule has 0 N–H and O–H groups in total. The first-order chi connectivity index (χ1) is 13.8. The van der Waals surface area contributed by atoms with Gasteiger partial charge in [-0.2, -0.15) is 6.92 Å². The molecular formula is C26H22AuOP. The number of ketones is 1. The predicted molar refractivity (Wildman–Crippen MR) is 121 cm³/mol. The van der Waals surface area contributed by atoms with Crippen molar-refractivity contribution < 1.29 is 27.2 Å². The summed E-state index contributed by atoms with van der Waals surface area (Å²) < 4.78 is 0. The maximum Gasteiger partial charge on any atom is 1.00 e. The summed E-state index contributed by atoms with van der Waals surface area (Å²) in [7, 11) is -0.446. The molecule has 0 saturated heterocycles. The molecule has 0 saturated carbocycles. The first-order valence-electron chi connectivity index (χ1n) is 9.12. The monoisotopic (exact) mass is 578 g/mol. The van der Waals surface area contributed by atoms with Crippen LogP contribution in [0.1, 0.15) is 10.4 Å². The van der Waals surface area contributed by atoms with E-state index < -0.39 is 7.92 Å². The molecule has 0 bridgehead atoms. The Morgan fingerprint density at radius 3 is 1.03 bits per heavy atom. The Hall–Kier alpha value is -2.41. The van der Waals surface area contributed by atoms with Gasteiger partial charge in [0.2, 0.25) is 0 Å². The van der Waals surface area contributed by atoms with Crippen molar-refractivity contribution in [1.29, 1.82) is 0 Å². The Morgan fingerprint density at radius 2 is 0.793 bits per heavy atom. The summed E-state index contributed by atoms with van der Waals surface area (Å²) in [6, 6.07) is 41.3. The van der Waals surface area contributed by atoms with Gasteiger partial charge in [-0.25, -0.2) is 0 Å². The maximum atomic E-state index is 10.5. The van der Waals surface area contributed by atoms with Crippen molar-refractivity contribution in [2.45, 2.75) is 0 Å². The smallest absolute Gasteiger partial charge is 0.332 e. The van der Waals surface area contributed by atoms with Crippen molar-refractivity contribution in [3.05, 3.63) is 134 Å². The van der Waals surface area contributed by atoms with Crippen LogP contribution in [0.5, 0.6) is 0 Å². The second kappa shape index (κ2) is 12.2. The topological polar surface area (TPSA) is 17.1 Å². The van der Waals surface area contributed by atoms with Gasteiger partial charge in [-0.15, -0.1) is 17.7 Å². The van der Waals surface area contributed by atoms with Crippen LogP contribution in [-0.2, 0) is 22.4 Å².